The molecule has 0 spiro atoms. The standard InChI is InChI=1S/C28H36F2N10O2/c1-35-7-9-36(10-8-35)25(42)18-38-15-20(14-31-38)32-27-33-26-23(3-2-6-39(26)34-27)37-16-21-4-5-22(17-37)40(21)24(41)11-19-12-28(29,30)13-19/h2-3,6,14-15,19,21-22H,4-5,7-13,16-18H2,1H3,(H,32,34). The number of pyridine rings is 1. The zero-order valence-corrected chi connectivity index (χ0v) is 23.7. The average molecular weight is 583 g/mol. The number of nitrogens with one attached hydrogen (secondary N) is 1. The van der Waals surface area contributed by atoms with Gasteiger partial charge in [0, 0.05) is 83.0 Å². The number of likely N-dealkylation sites (N-methyl/N-ethyl adjacent to an activating group) is 1. The van der Waals surface area contributed by atoms with Gasteiger partial charge in [-0.3, -0.25) is 14.3 Å². The van der Waals surface area contributed by atoms with E-state index in [4.69, 9.17) is 4.98 Å². The number of amides is 2. The maximum Gasteiger partial charge on any atom is 0.248 e. The molecule has 12 nitrogen and oxygen atoms in total. The van der Waals surface area contributed by atoms with Gasteiger partial charge in [-0.2, -0.15) is 10.1 Å². The molecule has 42 heavy (non-hydrogen) atoms. The van der Waals surface area contributed by atoms with Crippen LogP contribution in [0.4, 0.5) is 26.1 Å². The highest BCUT2D eigenvalue weighted by atomic mass is 19.3. The van der Waals surface area contributed by atoms with Gasteiger partial charge in [0.05, 0.1) is 17.6 Å². The lowest BCUT2D eigenvalue weighted by molar-refractivity contribution is -0.144. The number of fused-ring (bicyclic) bond motifs is 3. The molecule has 0 aromatic carbocycles. The van der Waals surface area contributed by atoms with Gasteiger partial charge < -0.3 is 24.9 Å². The molecule has 4 aliphatic rings. The summed E-state index contributed by atoms with van der Waals surface area (Å²) >= 11 is 0. The van der Waals surface area contributed by atoms with Crippen LogP contribution in [0.15, 0.2) is 30.7 Å². The summed E-state index contributed by atoms with van der Waals surface area (Å²) in [5, 5.41) is 12.1. The second kappa shape index (κ2) is 10.5. The van der Waals surface area contributed by atoms with Crippen LogP contribution in [0.5, 0.6) is 0 Å². The van der Waals surface area contributed by atoms with Gasteiger partial charge in [0.25, 0.3) is 0 Å². The summed E-state index contributed by atoms with van der Waals surface area (Å²) < 4.78 is 29.9. The third-order valence-electron chi connectivity index (χ3n) is 9.13. The number of anilines is 3. The first kappa shape index (κ1) is 27.0. The van der Waals surface area contributed by atoms with E-state index in [9.17, 15) is 18.4 Å². The number of aromatic nitrogens is 5. The Balaban J connectivity index is 0.999. The molecular weight excluding hydrogens is 546 g/mol. The van der Waals surface area contributed by atoms with Crippen LogP contribution in [0.3, 0.4) is 0 Å². The van der Waals surface area contributed by atoms with Gasteiger partial charge in [-0.1, -0.05) is 0 Å². The van der Waals surface area contributed by atoms with E-state index < -0.39 is 5.92 Å². The SMILES string of the molecule is CN1CCN(C(=O)Cn2cc(Nc3nc4c(N5CC6CCC(C5)N6C(=O)CC5CC(F)(F)C5)cccn4n3)cn2)CC1. The maximum absolute atomic E-state index is 13.3. The Labute approximate surface area is 242 Å². The molecule has 3 aromatic heterocycles. The van der Waals surface area contributed by atoms with E-state index in [-0.39, 0.29) is 55.6 Å². The van der Waals surface area contributed by atoms with Gasteiger partial charge in [0.2, 0.25) is 23.7 Å². The molecule has 1 aliphatic carbocycles. The Morgan fingerprint density at radius 1 is 1.07 bits per heavy atom. The topological polar surface area (TPSA) is 107 Å². The highest BCUT2D eigenvalue weighted by molar-refractivity contribution is 5.79. The Morgan fingerprint density at radius 3 is 2.52 bits per heavy atom. The first-order valence-electron chi connectivity index (χ1n) is 14.8. The molecule has 1 N–H and O–H groups in total. The molecule has 2 atom stereocenters. The molecule has 1 saturated carbocycles. The fourth-order valence-corrected chi connectivity index (χ4v) is 6.92. The summed E-state index contributed by atoms with van der Waals surface area (Å²) in [6, 6.07) is 4.08. The minimum absolute atomic E-state index is 0.0144. The maximum atomic E-state index is 13.3. The zero-order chi connectivity index (χ0) is 29.0. The molecule has 3 aliphatic heterocycles. The second-order valence-electron chi connectivity index (χ2n) is 12.3. The first-order valence-corrected chi connectivity index (χ1v) is 14.8. The van der Waals surface area contributed by atoms with Crippen LogP contribution < -0.4 is 10.2 Å². The van der Waals surface area contributed by atoms with Crippen molar-refractivity contribution in [1.82, 2.24) is 39.1 Å². The molecule has 2 bridgehead atoms. The molecule has 3 saturated heterocycles. The number of alkyl halides is 2. The Morgan fingerprint density at radius 2 is 1.81 bits per heavy atom. The van der Waals surface area contributed by atoms with E-state index in [0.29, 0.717) is 30.4 Å². The molecule has 2 unspecified atom stereocenters. The van der Waals surface area contributed by atoms with Gasteiger partial charge in [-0.25, -0.2) is 13.3 Å². The lowest BCUT2D eigenvalue weighted by Gasteiger charge is -2.43. The van der Waals surface area contributed by atoms with E-state index in [0.717, 1.165) is 44.7 Å². The van der Waals surface area contributed by atoms with Crippen LogP contribution in [0.2, 0.25) is 0 Å². The van der Waals surface area contributed by atoms with Crippen molar-refractivity contribution in [2.24, 2.45) is 5.92 Å². The van der Waals surface area contributed by atoms with E-state index in [1.54, 1.807) is 21.6 Å². The Bertz CT molecular complexity index is 1460. The molecule has 14 heteroatoms. The summed E-state index contributed by atoms with van der Waals surface area (Å²) in [6.07, 6.45) is 6.98. The van der Waals surface area contributed by atoms with Crippen LogP contribution in [-0.4, -0.2) is 115 Å². The molecule has 0 radical (unpaired) electrons. The van der Waals surface area contributed by atoms with Gasteiger partial charge in [0.1, 0.15) is 6.54 Å². The van der Waals surface area contributed by atoms with Gasteiger partial charge in [-0.05, 0) is 37.9 Å². The van der Waals surface area contributed by atoms with Crippen LogP contribution in [0, 0.1) is 5.92 Å². The predicted molar refractivity (Wildman–Crippen MR) is 151 cm³/mol. The van der Waals surface area contributed by atoms with Crippen molar-refractivity contribution in [3.8, 4) is 0 Å². The average Bonchev–Trinajstić information content (AvgIpc) is 3.63. The summed E-state index contributed by atoms with van der Waals surface area (Å²) in [5.41, 5.74) is 2.33. The number of nitrogens with zero attached hydrogens (tertiary/aromatic N) is 9. The third-order valence-corrected chi connectivity index (χ3v) is 9.13. The summed E-state index contributed by atoms with van der Waals surface area (Å²) in [7, 11) is 2.06. The number of hydrogen-bond acceptors (Lipinski definition) is 8. The number of carbonyl (C=O) groups excluding carboxylic acids is 2. The number of carbonyl (C=O) groups is 2. The predicted octanol–water partition coefficient (Wildman–Crippen LogP) is 2.06. The largest absolute Gasteiger partial charge is 0.364 e. The van der Waals surface area contributed by atoms with E-state index in [1.807, 2.05) is 28.1 Å². The zero-order valence-electron chi connectivity index (χ0n) is 23.7. The van der Waals surface area contributed by atoms with Crippen molar-refractivity contribution in [3.63, 3.8) is 0 Å². The quantitative estimate of drug-likeness (QED) is 0.451. The van der Waals surface area contributed by atoms with Crippen molar-refractivity contribution in [1.29, 1.82) is 0 Å². The van der Waals surface area contributed by atoms with Gasteiger partial charge >= 0.3 is 0 Å². The van der Waals surface area contributed by atoms with Crippen LogP contribution in [0.25, 0.3) is 5.65 Å². The van der Waals surface area contributed by atoms with E-state index in [1.165, 1.54) is 0 Å². The Kier molecular flexibility index (Phi) is 6.75. The van der Waals surface area contributed by atoms with Crippen molar-refractivity contribution in [2.45, 2.75) is 56.7 Å². The molecule has 3 aromatic rings. The van der Waals surface area contributed by atoms with Crippen LogP contribution in [-0.2, 0) is 16.1 Å². The lowest BCUT2D eigenvalue weighted by atomic mass is 9.79. The highest BCUT2D eigenvalue weighted by Crippen LogP contribution is 2.45. The number of rotatable bonds is 7. The fourth-order valence-electron chi connectivity index (χ4n) is 6.92. The summed E-state index contributed by atoms with van der Waals surface area (Å²) in [4.78, 5) is 38.8. The number of hydrogen-bond donors (Lipinski definition) is 1. The monoisotopic (exact) mass is 582 g/mol. The first-order chi connectivity index (χ1) is 20.2. The van der Waals surface area contributed by atoms with E-state index >= 15 is 0 Å². The summed E-state index contributed by atoms with van der Waals surface area (Å²) in [6.45, 7) is 4.72. The normalized spacial score (nSPS) is 24.3. The molecule has 4 fully saturated rings. The molecular formula is C28H36F2N10O2. The minimum atomic E-state index is -2.60. The molecule has 2 amide bonds. The van der Waals surface area contributed by atoms with Crippen molar-refractivity contribution < 1.29 is 18.4 Å². The van der Waals surface area contributed by atoms with Crippen molar-refractivity contribution >= 4 is 34.8 Å². The number of halogens is 2. The Hall–Kier alpha value is -3.81. The second-order valence-corrected chi connectivity index (χ2v) is 12.3. The van der Waals surface area contributed by atoms with Gasteiger partial charge in [-0.15, -0.1) is 5.10 Å². The minimum Gasteiger partial charge on any atom is -0.364 e. The fraction of sp³-hybridized carbons (Fsp3) is 0.607. The third kappa shape index (κ3) is 5.27. The molecule has 6 heterocycles. The summed E-state index contributed by atoms with van der Waals surface area (Å²) in [5.74, 6) is -2.32. The molecule has 7 rings (SSSR count). The van der Waals surface area contributed by atoms with Crippen LogP contribution in [0.1, 0.15) is 32.1 Å². The van der Waals surface area contributed by atoms with Gasteiger partial charge in [0.15, 0.2) is 5.65 Å². The molecule has 224 valence electrons. The lowest BCUT2D eigenvalue weighted by Crippen LogP contribution is -2.56. The number of piperazine rings is 2. The van der Waals surface area contributed by atoms with Crippen molar-refractivity contribution in [2.75, 3.05) is 56.5 Å². The highest BCUT2D eigenvalue weighted by Gasteiger charge is 2.48. The smallest absolute Gasteiger partial charge is 0.248 e. The van der Waals surface area contributed by atoms with Crippen molar-refractivity contribution in [3.05, 3.63) is 30.7 Å². The van der Waals surface area contributed by atoms with E-state index in [2.05, 4.69) is 32.4 Å². The van der Waals surface area contributed by atoms with Crippen LogP contribution >= 0.6 is 0 Å².